The number of nitrogens with zero attached hydrogens (tertiary/aromatic N) is 3. The molecule has 2 aliphatic heterocycles. The van der Waals surface area contributed by atoms with Gasteiger partial charge in [0.2, 0.25) is 5.95 Å². The highest BCUT2D eigenvalue weighted by molar-refractivity contribution is 5.94. The summed E-state index contributed by atoms with van der Waals surface area (Å²) in [5, 5.41) is 13.5. The third-order valence-corrected chi connectivity index (χ3v) is 5.79. The van der Waals surface area contributed by atoms with Crippen molar-refractivity contribution >= 4 is 11.9 Å². The lowest BCUT2D eigenvalue weighted by Gasteiger charge is -2.32. The van der Waals surface area contributed by atoms with Crippen LogP contribution in [0.3, 0.4) is 0 Å². The number of aliphatic hydroxyl groups excluding tert-OH is 1. The van der Waals surface area contributed by atoms with E-state index in [-0.39, 0.29) is 18.6 Å². The standard InChI is InChI=1S/C23H26N4O3/c1-23(16-28)19-14-24-22(25-18-10-12-30-13-11-18)26-20(19)15-27(23)21(29)9-5-8-17-6-3-2-4-7-17/h2-4,6-7,14,18,28H,8,10-13,15-16H2,1H3,(H,24,25,26). The van der Waals surface area contributed by atoms with Crippen LogP contribution in [0.15, 0.2) is 36.5 Å². The van der Waals surface area contributed by atoms with Crippen molar-refractivity contribution in [3.63, 3.8) is 0 Å². The number of anilines is 1. The molecule has 0 aliphatic carbocycles. The molecular formula is C23H26N4O3. The maximum Gasteiger partial charge on any atom is 0.299 e. The topological polar surface area (TPSA) is 87.6 Å². The fourth-order valence-electron chi connectivity index (χ4n) is 3.90. The predicted octanol–water partition coefficient (Wildman–Crippen LogP) is 1.86. The zero-order valence-electron chi connectivity index (χ0n) is 17.1. The molecule has 7 heteroatoms. The van der Waals surface area contributed by atoms with E-state index in [4.69, 9.17) is 4.74 Å². The molecule has 1 amide bonds. The Morgan fingerprint density at radius 2 is 2.10 bits per heavy atom. The molecule has 7 nitrogen and oxygen atoms in total. The number of carbonyl (C=O) groups is 1. The van der Waals surface area contributed by atoms with Gasteiger partial charge in [0.1, 0.15) is 0 Å². The zero-order chi connectivity index (χ0) is 21.0. The quantitative estimate of drug-likeness (QED) is 0.754. The van der Waals surface area contributed by atoms with E-state index in [9.17, 15) is 9.90 Å². The van der Waals surface area contributed by atoms with Gasteiger partial charge in [-0.15, -0.1) is 0 Å². The molecule has 0 bridgehead atoms. The molecule has 156 valence electrons. The second kappa shape index (κ2) is 8.82. The summed E-state index contributed by atoms with van der Waals surface area (Å²) in [6, 6.07) is 10.1. The molecular weight excluding hydrogens is 380 g/mol. The maximum absolute atomic E-state index is 12.8. The van der Waals surface area contributed by atoms with Crippen LogP contribution in [-0.4, -0.2) is 51.7 Å². The van der Waals surface area contributed by atoms with Crippen LogP contribution >= 0.6 is 0 Å². The number of amides is 1. The van der Waals surface area contributed by atoms with Gasteiger partial charge in [-0.05, 0) is 31.2 Å². The Hall–Kier alpha value is -2.95. The van der Waals surface area contributed by atoms with Crippen molar-refractivity contribution in [3.05, 3.63) is 53.3 Å². The van der Waals surface area contributed by atoms with Crippen molar-refractivity contribution in [2.45, 2.75) is 44.3 Å². The molecule has 1 fully saturated rings. The fraction of sp³-hybridized carbons (Fsp3) is 0.435. The number of carbonyl (C=O) groups excluding carboxylic acids is 1. The number of fused-ring (bicyclic) bond motifs is 1. The zero-order valence-corrected chi connectivity index (χ0v) is 17.1. The third kappa shape index (κ3) is 4.16. The van der Waals surface area contributed by atoms with Gasteiger partial charge in [0, 0.05) is 37.4 Å². The van der Waals surface area contributed by atoms with Crippen molar-refractivity contribution in [1.29, 1.82) is 0 Å². The minimum absolute atomic E-state index is 0.220. The average Bonchev–Trinajstić information content (AvgIpc) is 3.08. The summed E-state index contributed by atoms with van der Waals surface area (Å²) in [5.74, 6) is 5.90. The van der Waals surface area contributed by atoms with Crippen LogP contribution in [0.4, 0.5) is 5.95 Å². The summed E-state index contributed by atoms with van der Waals surface area (Å²) in [6.45, 7) is 3.37. The summed E-state index contributed by atoms with van der Waals surface area (Å²) < 4.78 is 5.39. The first-order valence-electron chi connectivity index (χ1n) is 10.3. The first-order chi connectivity index (χ1) is 14.6. The van der Waals surface area contributed by atoms with E-state index < -0.39 is 5.54 Å². The predicted molar refractivity (Wildman–Crippen MR) is 112 cm³/mol. The lowest BCUT2D eigenvalue weighted by molar-refractivity contribution is -0.132. The van der Waals surface area contributed by atoms with Crippen LogP contribution in [0.25, 0.3) is 0 Å². The van der Waals surface area contributed by atoms with E-state index in [1.54, 1.807) is 11.1 Å². The Morgan fingerprint density at radius 1 is 1.33 bits per heavy atom. The Morgan fingerprint density at radius 3 is 2.83 bits per heavy atom. The highest BCUT2D eigenvalue weighted by atomic mass is 16.5. The van der Waals surface area contributed by atoms with Crippen molar-refractivity contribution in [2.24, 2.45) is 0 Å². The van der Waals surface area contributed by atoms with Crippen molar-refractivity contribution < 1.29 is 14.6 Å². The number of rotatable bonds is 4. The molecule has 1 aromatic heterocycles. The lowest BCUT2D eigenvalue weighted by Crippen LogP contribution is -2.44. The number of hydrogen-bond acceptors (Lipinski definition) is 6. The molecule has 2 aliphatic rings. The summed E-state index contributed by atoms with van der Waals surface area (Å²) >= 11 is 0. The molecule has 4 rings (SSSR count). The second-order valence-electron chi connectivity index (χ2n) is 7.87. The first kappa shape index (κ1) is 20.3. The normalized spacial score (nSPS) is 20.9. The average molecular weight is 406 g/mol. The Kier molecular flexibility index (Phi) is 5.98. The van der Waals surface area contributed by atoms with Gasteiger partial charge in [0.15, 0.2) is 0 Å². The molecule has 1 saturated heterocycles. The second-order valence-corrected chi connectivity index (χ2v) is 7.87. The molecule has 2 aromatic rings. The highest BCUT2D eigenvalue weighted by Crippen LogP contribution is 2.38. The number of benzene rings is 1. The van der Waals surface area contributed by atoms with Crippen molar-refractivity contribution in [1.82, 2.24) is 14.9 Å². The SMILES string of the molecule is CC1(CO)c2cnc(NC3CCOCC3)nc2CN1C(=O)C#CCc1ccccc1. The van der Waals surface area contributed by atoms with E-state index in [1.165, 1.54) is 0 Å². The molecule has 1 aromatic carbocycles. The molecule has 0 radical (unpaired) electrons. The molecule has 2 N–H and O–H groups in total. The van der Waals surface area contributed by atoms with E-state index in [2.05, 4.69) is 27.1 Å². The van der Waals surface area contributed by atoms with E-state index >= 15 is 0 Å². The van der Waals surface area contributed by atoms with Gasteiger partial charge in [0.05, 0.1) is 24.4 Å². The maximum atomic E-state index is 12.8. The van der Waals surface area contributed by atoms with Gasteiger partial charge in [-0.1, -0.05) is 36.3 Å². The van der Waals surface area contributed by atoms with Gasteiger partial charge in [0.25, 0.3) is 5.91 Å². The monoisotopic (exact) mass is 406 g/mol. The van der Waals surface area contributed by atoms with Crippen molar-refractivity contribution in [3.8, 4) is 11.8 Å². The van der Waals surface area contributed by atoms with Gasteiger partial charge in [-0.3, -0.25) is 4.79 Å². The van der Waals surface area contributed by atoms with Crippen LogP contribution in [-0.2, 0) is 28.0 Å². The molecule has 0 spiro atoms. The fourth-order valence-corrected chi connectivity index (χ4v) is 3.90. The molecule has 1 atom stereocenters. The molecule has 0 saturated carbocycles. The van der Waals surface area contributed by atoms with Gasteiger partial charge >= 0.3 is 0 Å². The Bertz CT molecular complexity index is 963. The summed E-state index contributed by atoms with van der Waals surface area (Å²) in [6.07, 6.45) is 4.04. The first-order valence-corrected chi connectivity index (χ1v) is 10.3. The number of aliphatic hydroxyl groups is 1. The van der Waals surface area contributed by atoms with E-state index in [0.29, 0.717) is 18.9 Å². The van der Waals surface area contributed by atoms with Crippen LogP contribution in [0.2, 0.25) is 0 Å². The van der Waals surface area contributed by atoms with Crippen LogP contribution in [0.1, 0.15) is 36.6 Å². The van der Waals surface area contributed by atoms with Crippen LogP contribution in [0, 0.1) is 11.8 Å². The minimum atomic E-state index is -0.884. The third-order valence-electron chi connectivity index (χ3n) is 5.79. The number of aromatic nitrogens is 2. The number of hydrogen-bond donors (Lipinski definition) is 2. The highest BCUT2D eigenvalue weighted by Gasteiger charge is 2.44. The van der Waals surface area contributed by atoms with Crippen molar-refractivity contribution in [2.75, 3.05) is 25.1 Å². The van der Waals surface area contributed by atoms with Crippen LogP contribution < -0.4 is 5.32 Å². The van der Waals surface area contributed by atoms with E-state index in [1.807, 2.05) is 37.3 Å². The van der Waals surface area contributed by atoms with Gasteiger partial charge in [-0.2, -0.15) is 0 Å². The Balaban J connectivity index is 1.49. The lowest BCUT2D eigenvalue weighted by atomic mass is 9.95. The smallest absolute Gasteiger partial charge is 0.299 e. The summed E-state index contributed by atoms with van der Waals surface area (Å²) in [7, 11) is 0. The van der Waals surface area contributed by atoms with Gasteiger partial charge in [-0.25, -0.2) is 9.97 Å². The minimum Gasteiger partial charge on any atom is -0.394 e. The molecule has 1 unspecified atom stereocenters. The van der Waals surface area contributed by atoms with Gasteiger partial charge < -0.3 is 20.1 Å². The largest absolute Gasteiger partial charge is 0.394 e. The summed E-state index contributed by atoms with van der Waals surface area (Å²) in [4.78, 5) is 23.5. The van der Waals surface area contributed by atoms with E-state index in [0.717, 1.165) is 42.9 Å². The Labute approximate surface area is 176 Å². The number of nitrogens with one attached hydrogen (secondary N) is 1. The molecule has 30 heavy (non-hydrogen) atoms. The summed E-state index contributed by atoms with van der Waals surface area (Å²) in [5.41, 5.74) is 1.68. The molecule has 3 heterocycles. The number of ether oxygens (including phenoxy) is 1. The van der Waals surface area contributed by atoms with Crippen LogP contribution in [0.5, 0.6) is 0 Å².